The van der Waals surface area contributed by atoms with Crippen molar-refractivity contribution in [1.29, 1.82) is 0 Å². The molecule has 0 saturated heterocycles. The third kappa shape index (κ3) is 4.30. The number of hydrogen-bond acceptors (Lipinski definition) is 3. The maximum atomic E-state index is 12.9. The van der Waals surface area contributed by atoms with Crippen LogP contribution in [0.2, 0.25) is 0 Å². The first kappa shape index (κ1) is 18.8. The summed E-state index contributed by atoms with van der Waals surface area (Å²) in [4.78, 5) is 11.1. The van der Waals surface area contributed by atoms with Crippen LogP contribution in [0.5, 0.6) is 0 Å². The molecule has 0 aliphatic carbocycles. The van der Waals surface area contributed by atoms with Crippen LogP contribution in [0.25, 0.3) is 0 Å². The number of primary amides is 1. The van der Waals surface area contributed by atoms with Crippen LogP contribution in [0, 0.1) is 6.92 Å². The fourth-order valence-electron chi connectivity index (χ4n) is 2.13. The van der Waals surface area contributed by atoms with Gasteiger partial charge in [0.25, 0.3) is 10.0 Å². The van der Waals surface area contributed by atoms with E-state index in [0.29, 0.717) is 10.4 Å². The first-order chi connectivity index (χ1) is 11.5. The Balaban J connectivity index is 2.57. The van der Waals surface area contributed by atoms with Gasteiger partial charge in [-0.05, 0) is 37.3 Å². The zero-order chi connectivity index (χ0) is 18.8. The van der Waals surface area contributed by atoms with E-state index in [1.54, 1.807) is 19.1 Å². The van der Waals surface area contributed by atoms with Crippen molar-refractivity contribution in [2.45, 2.75) is 18.0 Å². The Morgan fingerprint density at radius 2 is 1.72 bits per heavy atom. The topological polar surface area (TPSA) is 80.5 Å². The van der Waals surface area contributed by atoms with Gasteiger partial charge in [0, 0.05) is 0 Å². The fraction of sp³-hybridized carbons (Fsp3) is 0.188. The number of halogens is 3. The number of nitrogens with two attached hydrogens (primary N) is 1. The van der Waals surface area contributed by atoms with Crippen LogP contribution >= 0.6 is 0 Å². The van der Waals surface area contributed by atoms with Gasteiger partial charge in [0.15, 0.2) is 0 Å². The van der Waals surface area contributed by atoms with Gasteiger partial charge in [-0.25, -0.2) is 8.42 Å². The molecule has 0 aliphatic heterocycles. The van der Waals surface area contributed by atoms with Crippen molar-refractivity contribution in [1.82, 2.24) is 0 Å². The fourth-order valence-corrected chi connectivity index (χ4v) is 3.55. The van der Waals surface area contributed by atoms with E-state index < -0.39 is 34.2 Å². The minimum absolute atomic E-state index is 0.156. The molecule has 0 saturated carbocycles. The van der Waals surface area contributed by atoms with E-state index in [-0.39, 0.29) is 10.6 Å². The molecule has 0 radical (unpaired) electrons. The SMILES string of the molecule is Cc1ccc(S(=O)(=O)N(CC(N)=O)c2cccc(C(F)(F)F)c2)cc1. The molecule has 2 N–H and O–H groups in total. The van der Waals surface area contributed by atoms with Gasteiger partial charge in [-0.1, -0.05) is 23.8 Å². The van der Waals surface area contributed by atoms with E-state index in [2.05, 4.69) is 0 Å². The van der Waals surface area contributed by atoms with Gasteiger partial charge in [0.05, 0.1) is 16.1 Å². The highest BCUT2D eigenvalue weighted by Gasteiger charge is 2.33. The Hall–Kier alpha value is -2.55. The third-order valence-corrected chi connectivity index (χ3v) is 5.16. The minimum Gasteiger partial charge on any atom is -0.368 e. The standard InChI is InChI=1S/C16H15F3N2O3S/c1-11-5-7-14(8-6-11)25(23,24)21(10-15(20)22)13-4-2-3-12(9-13)16(17,18)19/h2-9H,10H2,1H3,(H2,20,22). The van der Waals surface area contributed by atoms with Gasteiger partial charge in [-0.2, -0.15) is 13.2 Å². The monoisotopic (exact) mass is 372 g/mol. The molecule has 0 aromatic heterocycles. The Labute approximate surface area is 142 Å². The molecule has 0 aliphatic rings. The van der Waals surface area contributed by atoms with Crippen LogP contribution in [-0.2, 0) is 21.0 Å². The number of carbonyl (C=O) groups excluding carboxylic acids is 1. The van der Waals surface area contributed by atoms with Crippen LogP contribution in [0.15, 0.2) is 53.4 Å². The Kier molecular flexibility index (Phi) is 5.07. The summed E-state index contributed by atoms with van der Waals surface area (Å²) in [5.41, 5.74) is 4.57. The van der Waals surface area contributed by atoms with Crippen molar-refractivity contribution in [3.63, 3.8) is 0 Å². The third-order valence-electron chi connectivity index (χ3n) is 3.37. The van der Waals surface area contributed by atoms with Crippen LogP contribution in [0.4, 0.5) is 18.9 Å². The van der Waals surface area contributed by atoms with E-state index in [4.69, 9.17) is 5.73 Å². The summed E-state index contributed by atoms with van der Waals surface area (Å²) >= 11 is 0. The molecule has 0 spiro atoms. The summed E-state index contributed by atoms with van der Waals surface area (Å²) in [6.07, 6.45) is -4.65. The van der Waals surface area contributed by atoms with Gasteiger partial charge in [-0.3, -0.25) is 9.10 Å². The second kappa shape index (κ2) is 6.75. The molecular weight excluding hydrogens is 357 g/mol. The van der Waals surface area contributed by atoms with Crippen LogP contribution in [0.1, 0.15) is 11.1 Å². The highest BCUT2D eigenvalue weighted by atomic mass is 32.2. The number of sulfonamides is 1. The number of nitrogens with zero attached hydrogens (tertiary/aromatic N) is 1. The van der Waals surface area contributed by atoms with Crippen LogP contribution < -0.4 is 10.0 Å². The van der Waals surface area contributed by atoms with Crippen molar-refractivity contribution < 1.29 is 26.4 Å². The molecule has 9 heteroatoms. The average Bonchev–Trinajstić information content (AvgIpc) is 2.52. The Morgan fingerprint density at radius 3 is 2.24 bits per heavy atom. The smallest absolute Gasteiger partial charge is 0.368 e. The number of hydrogen-bond donors (Lipinski definition) is 1. The summed E-state index contributed by atoms with van der Waals surface area (Å²) < 4.78 is 64.8. The van der Waals surface area contributed by atoms with E-state index in [0.717, 1.165) is 17.7 Å². The molecule has 1 amide bonds. The maximum absolute atomic E-state index is 12.9. The maximum Gasteiger partial charge on any atom is 0.416 e. The van der Waals surface area contributed by atoms with Gasteiger partial charge < -0.3 is 5.73 Å². The first-order valence-electron chi connectivity index (χ1n) is 7.07. The zero-order valence-corrected chi connectivity index (χ0v) is 13.9. The lowest BCUT2D eigenvalue weighted by atomic mass is 10.2. The Morgan fingerprint density at radius 1 is 1.12 bits per heavy atom. The predicted molar refractivity (Wildman–Crippen MR) is 86.3 cm³/mol. The number of anilines is 1. The van der Waals surface area contributed by atoms with Crippen LogP contribution in [0.3, 0.4) is 0 Å². The first-order valence-corrected chi connectivity index (χ1v) is 8.51. The lowest BCUT2D eigenvalue weighted by Crippen LogP contribution is -2.38. The largest absolute Gasteiger partial charge is 0.416 e. The molecule has 2 aromatic rings. The summed E-state index contributed by atoms with van der Waals surface area (Å²) in [6, 6.07) is 9.42. The van der Waals surface area contributed by atoms with Crippen molar-refractivity contribution in [2.24, 2.45) is 5.73 Å². The number of aryl methyl sites for hydroxylation is 1. The molecule has 25 heavy (non-hydrogen) atoms. The van der Waals surface area contributed by atoms with Gasteiger partial charge >= 0.3 is 6.18 Å². The normalized spacial score (nSPS) is 12.0. The summed E-state index contributed by atoms with van der Waals surface area (Å²) in [5.74, 6) is -0.993. The number of rotatable bonds is 5. The van der Waals surface area contributed by atoms with Crippen molar-refractivity contribution in [2.75, 3.05) is 10.8 Å². The van der Waals surface area contributed by atoms with E-state index in [1.165, 1.54) is 18.2 Å². The zero-order valence-electron chi connectivity index (χ0n) is 13.1. The van der Waals surface area contributed by atoms with E-state index >= 15 is 0 Å². The van der Waals surface area contributed by atoms with Gasteiger partial charge in [0.2, 0.25) is 5.91 Å². The van der Waals surface area contributed by atoms with E-state index in [9.17, 15) is 26.4 Å². The molecule has 134 valence electrons. The van der Waals surface area contributed by atoms with Crippen molar-refractivity contribution in [3.05, 3.63) is 59.7 Å². The molecule has 0 unspecified atom stereocenters. The Bertz CT molecular complexity index is 878. The molecule has 0 heterocycles. The summed E-state index contributed by atoms with van der Waals surface area (Å²) in [5, 5.41) is 0. The minimum atomic E-state index is -4.65. The molecule has 0 atom stereocenters. The second-order valence-electron chi connectivity index (χ2n) is 5.34. The predicted octanol–water partition coefficient (Wildman–Crippen LogP) is 2.69. The van der Waals surface area contributed by atoms with Crippen LogP contribution in [-0.4, -0.2) is 20.9 Å². The van der Waals surface area contributed by atoms with E-state index in [1.807, 2.05) is 0 Å². The number of carbonyl (C=O) groups is 1. The van der Waals surface area contributed by atoms with Gasteiger partial charge in [-0.15, -0.1) is 0 Å². The molecule has 0 fully saturated rings. The number of amides is 1. The highest BCUT2D eigenvalue weighted by molar-refractivity contribution is 7.92. The van der Waals surface area contributed by atoms with Crippen molar-refractivity contribution in [3.8, 4) is 0 Å². The second-order valence-corrected chi connectivity index (χ2v) is 7.20. The lowest BCUT2D eigenvalue weighted by Gasteiger charge is -2.24. The number of benzene rings is 2. The molecule has 2 rings (SSSR count). The molecule has 0 bridgehead atoms. The summed E-state index contributed by atoms with van der Waals surface area (Å²) in [7, 11) is -4.26. The van der Waals surface area contributed by atoms with Crippen molar-refractivity contribution >= 4 is 21.6 Å². The average molecular weight is 372 g/mol. The van der Waals surface area contributed by atoms with Gasteiger partial charge in [0.1, 0.15) is 6.54 Å². The molecule has 5 nitrogen and oxygen atoms in total. The number of alkyl halides is 3. The molecule has 2 aromatic carbocycles. The quantitative estimate of drug-likeness (QED) is 0.876. The highest BCUT2D eigenvalue weighted by Crippen LogP contribution is 2.33. The lowest BCUT2D eigenvalue weighted by molar-refractivity contribution is -0.137. The molecular formula is C16H15F3N2O3S. The summed E-state index contributed by atoms with van der Waals surface area (Å²) in [6.45, 7) is 0.974.